The van der Waals surface area contributed by atoms with Gasteiger partial charge in [0.15, 0.2) is 11.6 Å². The fourth-order valence-corrected chi connectivity index (χ4v) is 5.37. The van der Waals surface area contributed by atoms with Gasteiger partial charge in [0.1, 0.15) is 0 Å². The average molecular weight is 449 g/mol. The van der Waals surface area contributed by atoms with E-state index in [0.717, 1.165) is 17.7 Å². The highest BCUT2D eigenvalue weighted by atomic mass is 32.2. The molecule has 10 heteroatoms. The minimum absolute atomic E-state index is 0.0909. The largest absolute Gasteiger partial charge is 0.326 e. The molecule has 0 bridgehead atoms. The second kappa shape index (κ2) is 8.35. The number of rotatable bonds is 4. The van der Waals surface area contributed by atoms with E-state index >= 15 is 0 Å². The molecule has 164 valence electrons. The van der Waals surface area contributed by atoms with Crippen LogP contribution < -0.4 is 10.6 Å². The number of halogens is 2. The molecule has 2 aliphatic rings. The van der Waals surface area contributed by atoms with Crippen LogP contribution in [0.4, 0.5) is 20.2 Å². The van der Waals surface area contributed by atoms with Crippen LogP contribution in [-0.4, -0.2) is 37.6 Å². The Morgan fingerprint density at radius 2 is 1.77 bits per heavy atom. The summed E-state index contributed by atoms with van der Waals surface area (Å²) >= 11 is 0. The molecule has 4 rings (SSSR count). The third kappa shape index (κ3) is 4.45. The van der Waals surface area contributed by atoms with E-state index in [1.807, 2.05) is 0 Å². The Labute approximate surface area is 178 Å². The standard InChI is InChI=1S/C21H21F2N3O4S/c22-17-4-2-15(12-18(17)23)24-21(28)13-7-9-26(10-8-13)31(29,30)16-3-5-19-14(11-16)1-6-20(27)25-19/h2-5,11-13H,1,6-10H2,(H,24,28)(H,25,27). The van der Waals surface area contributed by atoms with Crippen LogP contribution in [0.15, 0.2) is 41.3 Å². The molecule has 7 nitrogen and oxygen atoms in total. The second-order valence-corrected chi connectivity index (χ2v) is 9.60. The van der Waals surface area contributed by atoms with Gasteiger partial charge in [0.25, 0.3) is 0 Å². The fraction of sp³-hybridized carbons (Fsp3) is 0.333. The summed E-state index contributed by atoms with van der Waals surface area (Å²) < 4.78 is 53.8. The van der Waals surface area contributed by atoms with Crippen LogP contribution in [0.5, 0.6) is 0 Å². The number of aryl methyl sites for hydroxylation is 1. The Bertz CT molecular complexity index is 1150. The van der Waals surface area contributed by atoms with Gasteiger partial charge in [-0.2, -0.15) is 4.31 Å². The van der Waals surface area contributed by atoms with Crippen molar-refractivity contribution in [3.63, 3.8) is 0 Å². The maximum Gasteiger partial charge on any atom is 0.243 e. The van der Waals surface area contributed by atoms with Crippen LogP contribution in [0, 0.1) is 17.6 Å². The molecule has 0 spiro atoms. The first kappa shape index (κ1) is 21.4. The zero-order valence-electron chi connectivity index (χ0n) is 16.5. The van der Waals surface area contributed by atoms with Crippen LogP contribution in [-0.2, 0) is 26.0 Å². The van der Waals surface area contributed by atoms with Crippen molar-refractivity contribution in [1.29, 1.82) is 0 Å². The molecule has 2 aromatic carbocycles. The van der Waals surface area contributed by atoms with E-state index in [9.17, 15) is 26.8 Å². The Balaban J connectivity index is 1.40. The third-order valence-electron chi connectivity index (χ3n) is 5.62. The van der Waals surface area contributed by atoms with E-state index in [0.29, 0.717) is 31.4 Å². The van der Waals surface area contributed by atoms with Gasteiger partial charge in [-0.05, 0) is 55.2 Å². The smallest absolute Gasteiger partial charge is 0.243 e. The van der Waals surface area contributed by atoms with E-state index in [1.165, 1.54) is 16.4 Å². The maximum atomic E-state index is 13.3. The van der Waals surface area contributed by atoms with Gasteiger partial charge in [-0.15, -0.1) is 0 Å². The fourth-order valence-electron chi connectivity index (χ4n) is 3.85. The number of anilines is 2. The highest BCUT2D eigenvalue weighted by molar-refractivity contribution is 7.89. The van der Waals surface area contributed by atoms with Gasteiger partial charge < -0.3 is 10.6 Å². The number of hydrogen-bond donors (Lipinski definition) is 2. The number of amides is 2. The van der Waals surface area contributed by atoms with Crippen molar-refractivity contribution >= 4 is 33.2 Å². The van der Waals surface area contributed by atoms with E-state index in [1.54, 1.807) is 12.1 Å². The lowest BCUT2D eigenvalue weighted by Crippen LogP contribution is -2.41. The average Bonchev–Trinajstić information content (AvgIpc) is 2.76. The van der Waals surface area contributed by atoms with Crippen LogP contribution in [0.1, 0.15) is 24.8 Å². The molecule has 2 N–H and O–H groups in total. The van der Waals surface area contributed by atoms with Gasteiger partial charge in [-0.3, -0.25) is 9.59 Å². The summed E-state index contributed by atoms with van der Waals surface area (Å²) in [5.41, 5.74) is 1.56. The number of fused-ring (bicyclic) bond motifs is 1. The molecule has 31 heavy (non-hydrogen) atoms. The van der Waals surface area contributed by atoms with Gasteiger partial charge in [0.2, 0.25) is 21.8 Å². The predicted molar refractivity (Wildman–Crippen MR) is 110 cm³/mol. The van der Waals surface area contributed by atoms with Crippen molar-refractivity contribution in [3.8, 4) is 0 Å². The number of sulfonamides is 1. The quantitative estimate of drug-likeness (QED) is 0.750. The van der Waals surface area contributed by atoms with Crippen molar-refractivity contribution < 1.29 is 26.8 Å². The molecular formula is C21H21F2N3O4S. The molecule has 0 aromatic heterocycles. The number of piperidine rings is 1. The van der Waals surface area contributed by atoms with Crippen LogP contribution in [0.2, 0.25) is 0 Å². The van der Waals surface area contributed by atoms with E-state index in [2.05, 4.69) is 10.6 Å². The van der Waals surface area contributed by atoms with E-state index in [-0.39, 0.29) is 35.5 Å². The van der Waals surface area contributed by atoms with Crippen molar-refractivity contribution in [2.24, 2.45) is 5.92 Å². The molecule has 2 aliphatic heterocycles. The van der Waals surface area contributed by atoms with Crippen molar-refractivity contribution in [3.05, 3.63) is 53.6 Å². The molecule has 2 heterocycles. The van der Waals surface area contributed by atoms with Gasteiger partial charge in [0, 0.05) is 42.9 Å². The third-order valence-corrected chi connectivity index (χ3v) is 7.52. The lowest BCUT2D eigenvalue weighted by Gasteiger charge is -2.31. The first-order valence-corrected chi connectivity index (χ1v) is 11.4. The minimum atomic E-state index is -3.73. The summed E-state index contributed by atoms with van der Waals surface area (Å²) in [5.74, 6) is -2.93. The normalized spacial score (nSPS) is 17.7. The van der Waals surface area contributed by atoms with Crippen molar-refractivity contribution in [1.82, 2.24) is 4.31 Å². The number of hydrogen-bond acceptors (Lipinski definition) is 4. The van der Waals surface area contributed by atoms with Gasteiger partial charge in [-0.1, -0.05) is 0 Å². The molecular weight excluding hydrogens is 428 g/mol. The van der Waals surface area contributed by atoms with Crippen LogP contribution in [0.3, 0.4) is 0 Å². The lowest BCUT2D eigenvalue weighted by atomic mass is 9.97. The summed E-state index contributed by atoms with van der Waals surface area (Å²) in [4.78, 5) is 24.1. The number of carbonyl (C=O) groups excluding carboxylic acids is 2. The lowest BCUT2D eigenvalue weighted by molar-refractivity contribution is -0.121. The topological polar surface area (TPSA) is 95.6 Å². The molecule has 0 atom stereocenters. The molecule has 0 radical (unpaired) electrons. The first-order valence-electron chi connectivity index (χ1n) is 9.93. The summed E-state index contributed by atoms with van der Waals surface area (Å²) in [6, 6.07) is 7.78. The number of carbonyl (C=O) groups is 2. The molecule has 2 amide bonds. The first-order chi connectivity index (χ1) is 14.7. The molecule has 2 aromatic rings. The van der Waals surface area contributed by atoms with Crippen molar-refractivity contribution in [2.75, 3.05) is 23.7 Å². The second-order valence-electron chi connectivity index (χ2n) is 7.66. The molecule has 1 fully saturated rings. The Hall–Kier alpha value is -2.85. The van der Waals surface area contributed by atoms with E-state index < -0.39 is 27.6 Å². The minimum Gasteiger partial charge on any atom is -0.326 e. The maximum absolute atomic E-state index is 13.3. The summed E-state index contributed by atoms with van der Waals surface area (Å²) in [6.07, 6.45) is 1.43. The summed E-state index contributed by atoms with van der Waals surface area (Å²) in [7, 11) is -3.73. The Morgan fingerprint density at radius 3 is 2.48 bits per heavy atom. The zero-order chi connectivity index (χ0) is 22.2. The molecule has 0 unspecified atom stereocenters. The zero-order valence-corrected chi connectivity index (χ0v) is 17.3. The SMILES string of the molecule is O=C1CCc2cc(S(=O)(=O)N3CCC(C(=O)Nc4ccc(F)c(F)c4)CC3)ccc2N1. The van der Waals surface area contributed by atoms with Gasteiger partial charge in [-0.25, -0.2) is 17.2 Å². The summed E-state index contributed by atoms with van der Waals surface area (Å²) in [5, 5.41) is 5.28. The molecule has 0 saturated carbocycles. The van der Waals surface area contributed by atoms with Crippen LogP contribution >= 0.6 is 0 Å². The number of benzene rings is 2. The molecule has 1 saturated heterocycles. The Morgan fingerprint density at radius 1 is 1.03 bits per heavy atom. The molecule has 0 aliphatic carbocycles. The van der Waals surface area contributed by atoms with Crippen LogP contribution in [0.25, 0.3) is 0 Å². The highest BCUT2D eigenvalue weighted by Gasteiger charge is 2.32. The van der Waals surface area contributed by atoms with Crippen molar-refractivity contribution in [2.45, 2.75) is 30.6 Å². The summed E-state index contributed by atoms with van der Waals surface area (Å²) in [6.45, 7) is 0.345. The number of nitrogens with one attached hydrogen (secondary N) is 2. The number of nitrogens with zero attached hydrogens (tertiary/aromatic N) is 1. The predicted octanol–water partition coefficient (Wildman–Crippen LogP) is 2.89. The highest BCUT2D eigenvalue weighted by Crippen LogP contribution is 2.29. The van der Waals surface area contributed by atoms with Gasteiger partial charge in [0.05, 0.1) is 4.90 Å². The van der Waals surface area contributed by atoms with E-state index in [4.69, 9.17) is 0 Å². The monoisotopic (exact) mass is 449 g/mol. The van der Waals surface area contributed by atoms with Gasteiger partial charge >= 0.3 is 0 Å². The Kier molecular flexibility index (Phi) is 5.76.